The van der Waals surface area contributed by atoms with Gasteiger partial charge in [-0.3, -0.25) is 0 Å². The molecular formula is C7H5BrClF2NO3S. The minimum atomic E-state index is -4.07. The number of nitrogens with zero attached hydrogens (tertiary/aromatic N) is 1. The predicted octanol–water partition coefficient (Wildman–Crippen LogP) is 2.72. The van der Waals surface area contributed by atoms with Crippen LogP contribution < -0.4 is 4.74 Å². The van der Waals surface area contributed by atoms with Crippen LogP contribution in [0.1, 0.15) is 12.1 Å². The molecule has 0 N–H and O–H groups in total. The maximum Gasteiger partial charge on any atom is 0.284 e. The molecule has 0 radical (unpaired) electrons. The van der Waals surface area contributed by atoms with E-state index in [4.69, 9.17) is 10.7 Å². The third kappa shape index (κ3) is 2.61. The lowest BCUT2D eigenvalue weighted by Gasteiger charge is -2.10. The second kappa shape index (κ2) is 4.80. The molecule has 1 heterocycles. The van der Waals surface area contributed by atoms with Gasteiger partial charge < -0.3 is 4.74 Å². The zero-order chi connectivity index (χ0) is 12.5. The molecule has 1 aromatic rings. The van der Waals surface area contributed by atoms with Crippen LogP contribution in [0.25, 0.3) is 0 Å². The topological polar surface area (TPSA) is 56.3 Å². The smallest absolute Gasteiger partial charge is 0.284 e. The van der Waals surface area contributed by atoms with E-state index in [2.05, 4.69) is 25.7 Å². The molecule has 0 saturated carbocycles. The van der Waals surface area contributed by atoms with Gasteiger partial charge in [-0.2, -0.15) is 0 Å². The van der Waals surface area contributed by atoms with Gasteiger partial charge in [-0.25, -0.2) is 22.2 Å². The standard InChI is InChI=1S/C7H5BrClF2NO3S/c1-15-6-4(8)3(16(9,13)14)2-12-5(6)7(10)11/h2,7H,1H3. The maximum absolute atomic E-state index is 12.5. The van der Waals surface area contributed by atoms with E-state index < -0.39 is 26.1 Å². The number of alkyl halides is 2. The molecule has 0 atom stereocenters. The SMILES string of the molecule is COc1c(C(F)F)ncc(S(=O)(=O)Cl)c1Br. The van der Waals surface area contributed by atoms with Crippen molar-refractivity contribution >= 4 is 35.7 Å². The molecule has 0 unspecified atom stereocenters. The number of ether oxygens (including phenoxy) is 1. The molecule has 0 saturated heterocycles. The van der Waals surface area contributed by atoms with E-state index >= 15 is 0 Å². The highest BCUT2D eigenvalue weighted by atomic mass is 79.9. The molecule has 0 aliphatic rings. The number of pyridine rings is 1. The van der Waals surface area contributed by atoms with Crippen molar-refractivity contribution in [1.82, 2.24) is 4.98 Å². The van der Waals surface area contributed by atoms with Crippen LogP contribution in [0, 0.1) is 0 Å². The van der Waals surface area contributed by atoms with Crippen molar-refractivity contribution in [3.8, 4) is 5.75 Å². The lowest BCUT2D eigenvalue weighted by atomic mass is 10.3. The van der Waals surface area contributed by atoms with E-state index in [0.717, 1.165) is 13.3 Å². The number of aromatic nitrogens is 1. The first-order valence-electron chi connectivity index (χ1n) is 3.74. The van der Waals surface area contributed by atoms with Gasteiger partial charge in [-0.1, -0.05) is 0 Å². The number of methoxy groups -OCH3 is 1. The Morgan fingerprint density at radius 2 is 2.12 bits per heavy atom. The van der Waals surface area contributed by atoms with E-state index in [1.54, 1.807) is 0 Å². The Hall–Kier alpha value is -0.470. The monoisotopic (exact) mass is 335 g/mol. The Morgan fingerprint density at radius 3 is 2.50 bits per heavy atom. The summed E-state index contributed by atoms with van der Waals surface area (Å²) in [5.74, 6) is -0.350. The number of rotatable bonds is 3. The van der Waals surface area contributed by atoms with Crippen molar-refractivity contribution < 1.29 is 21.9 Å². The summed E-state index contributed by atoms with van der Waals surface area (Å²) in [5, 5.41) is 0. The molecule has 0 aliphatic carbocycles. The minimum Gasteiger partial charge on any atom is -0.493 e. The third-order valence-electron chi connectivity index (χ3n) is 1.64. The van der Waals surface area contributed by atoms with E-state index in [1.807, 2.05) is 0 Å². The Bertz CT molecular complexity index is 509. The summed E-state index contributed by atoms with van der Waals surface area (Å²) in [6.07, 6.45) is -2.13. The summed E-state index contributed by atoms with van der Waals surface area (Å²) in [6.45, 7) is 0. The van der Waals surface area contributed by atoms with Gasteiger partial charge in [0, 0.05) is 16.9 Å². The minimum absolute atomic E-state index is 0.171. The quantitative estimate of drug-likeness (QED) is 0.796. The first-order chi connectivity index (χ1) is 7.29. The first kappa shape index (κ1) is 13.6. The average Bonchev–Trinajstić information content (AvgIpc) is 2.14. The molecule has 0 aromatic carbocycles. The Morgan fingerprint density at radius 1 is 1.56 bits per heavy atom. The lowest BCUT2D eigenvalue weighted by molar-refractivity contribution is 0.141. The van der Waals surface area contributed by atoms with Gasteiger partial charge in [-0.05, 0) is 15.9 Å². The summed E-state index contributed by atoms with van der Waals surface area (Å²) in [6, 6.07) is 0. The van der Waals surface area contributed by atoms with Crippen LogP contribution in [0.4, 0.5) is 8.78 Å². The molecule has 0 fully saturated rings. The van der Waals surface area contributed by atoms with Gasteiger partial charge in [-0.15, -0.1) is 0 Å². The highest BCUT2D eigenvalue weighted by Crippen LogP contribution is 2.38. The number of halogens is 4. The third-order valence-corrected chi connectivity index (χ3v) is 4.03. The molecule has 0 amide bonds. The van der Waals surface area contributed by atoms with Crippen LogP contribution in [-0.2, 0) is 9.05 Å². The molecule has 0 aliphatic heterocycles. The fourth-order valence-corrected chi connectivity index (χ4v) is 3.21. The van der Waals surface area contributed by atoms with Crippen molar-refractivity contribution in [2.24, 2.45) is 0 Å². The molecule has 1 rings (SSSR count). The van der Waals surface area contributed by atoms with Crippen LogP contribution in [0.3, 0.4) is 0 Å². The van der Waals surface area contributed by atoms with Gasteiger partial charge in [0.15, 0.2) is 5.75 Å². The van der Waals surface area contributed by atoms with E-state index in [0.29, 0.717) is 0 Å². The van der Waals surface area contributed by atoms with Gasteiger partial charge >= 0.3 is 0 Å². The van der Waals surface area contributed by atoms with Gasteiger partial charge in [0.25, 0.3) is 15.5 Å². The number of hydrogen-bond donors (Lipinski definition) is 0. The fourth-order valence-electron chi connectivity index (χ4n) is 0.987. The van der Waals surface area contributed by atoms with E-state index in [-0.39, 0.29) is 10.2 Å². The van der Waals surface area contributed by atoms with Crippen molar-refractivity contribution in [2.45, 2.75) is 11.3 Å². The summed E-state index contributed by atoms with van der Waals surface area (Å²) >= 11 is 2.83. The Balaban J connectivity index is 3.53. The molecule has 0 bridgehead atoms. The highest BCUT2D eigenvalue weighted by Gasteiger charge is 2.25. The van der Waals surface area contributed by atoms with Crippen LogP contribution in [-0.4, -0.2) is 20.5 Å². The van der Waals surface area contributed by atoms with Crippen LogP contribution in [0.5, 0.6) is 5.75 Å². The summed E-state index contributed by atoms with van der Waals surface area (Å²) < 4.78 is 51.6. The lowest BCUT2D eigenvalue weighted by Crippen LogP contribution is -2.02. The Labute approximate surface area is 103 Å². The molecule has 16 heavy (non-hydrogen) atoms. The normalized spacial score (nSPS) is 11.9. The zero-order valence-corrected chi connectivity index (χ0v) is 10.9. The highest BCUT2D eigenvalue weighted by molar-refractivity contribution is 9.10. The molecule has 4 nitrogen and oxygen atoms in total. The zero-order valence-electron chi connectivity index (χ0n) is 7.75. The van der Waals surface area contributed by atoms with E-state index in [1.165, 1.54) is 0 Å². The largest absolute Gasteiger partial charge is 0.493 e. The van der Waals surface area contributed by atoms with Crippen molar-refractivity contribution in [1.29, 1.82) is 0 Å². The average molecular weight is 337 g/mol. The van der Waals surface area contributed by atoms with Crippen molar-refractivity contribution in [3.05, 3.63) is 16.4 Å². The maximum atomic E-state index is 12.5. The van der Waals surface area contributed by atoms with Crippen LogP contribution >= 0.6 is 26.6 Å². The van der Waals surface area contributed by atoms with Crippen molar-refractivity contribution in [3.63, 3.8) is 0 Å². The summed E-state index contributed by atoms with van der Waals surface area (Å²) in [7, 11) is 2.14. The first-order valence-corrected chi connectivity index (χ1v) is 6.84. The van der Waals surface area contributed by atoms with Gasteiger partial charge in [0.05, 0.1) is 11.6 Å². The van der Waals surface area contributed by atoms with Gasteiger partial charge in [0.2, 0.25) is 0 Å². The van der Waals surface area contributed by atoms with Crippen LogP contribution in [0.2, 0.25) is 0 Å². The number of hydrogen-bond acceptors (Lipinski definition) is 4. The Kier molecular flexibility index (Phi) is 4.08. The summed E-state index contributed by atoms with van der Waals surface area (Å²) in [4.78, 5) is 2.89. The fraction of sp³-hybridized carbons (Fsp3) is 0.286. The van der Waals surface area contributed by atoms with Crippen molar-refractivity contribution in [2.75, 3.05) is 7.11 Å². The van der Waals surface area contributed by atoms with Crippen LogP contribution in [0.15, 0.2) is 15.6 Å². The second-order valence-corrected chi connectivity index (χ2v) is 5.92. The molecule has 0 spiro atoms. The van der Waals surface area contributed by atoms with Gasteiger partial charge in [0.1, 0.15) is 10.6 Å². The molecule has 9 heteroatoms. The predicted molar refractivity (Wildman–Crippen MR) is 56.5 cm³/mol. The second-order valence-electron chi connectivity index (χ2n) is 2.59. The summed E-state index contributed by atoms with van der Waals surface area (Å²) in [5.41, 5.74) is -0.654. The molecule has 90 valence electrons. The molecule has 1 aromatic heterocycles. The van der Waals surface area contributed by atoms with E-state index in [9.17, 15) is 17.2 Å². The molecular weight excluding hydrogens is 332 g/mol.